The summed E-state index contributed by atoms with van der Waals surface area (Å²) in [6.07, 6.45) is 2.95. The van der Waals surface area contributed by atoms with Gasteiger partial charge in [-0.05, 0) is 18.2 Å². The fourth-order valence-electron chi connectivity index (χ4n) is 1.40. The Bertz CT molecular complexity index is 581. The first kappa shape index (κ1) is 9.93. The van der Waals surface area contributed by atoms with Gasteiger partial charge in [0.15, 0.2) is 0 Å². The Labute approximate surface area is 91.2 Å². The van der Waals surface area contributed by atoms with Crippen molar-refractivity contribution >= 4 is 5.97 Å². The molecule has 0 bridgehead atoms. The Hall–Kier alpha value is -2.61. The highest BCUT2D eigenvalue weighted by molar-refractivity contribution is 5.84. The number of benzene rings is 1. The molecule has 78 valence electrons. The molecule has 2 rings (SSSR count). The molecule has 5 heteroatoms. The van der Waals surface area contributed by atoms with Crippen molar-refractivity contribution in [2.45, 2.75) is 0 Å². The van der Waals surface area contributed by atoms with E-state index in [0.717, 1.165) is 0 Å². The van der Waals surface area contributed by atoms with E-state index in [-0.39, 0.29) is 5.82 Å². The molecule has 2 aromatic rings. The van der Waals surface area contributed by atoms with Gasteiger partial charge >= 0.3 is 5.97 Å². The van der Waals surface area contributed by atoms with E-state index < -0.39 is 5.97 Å². The minimum atomic E-state index is -1.10. The van der Waals surface area contributed by atoms with Crippen molar-refractivity contribution in [3.05, 3.63) is 48.0 Å². The van der Waals surface area contributed by atoms with Crippen LogP contribution in [0, 0.1) is 11.3 Å². The van der Waals surface area contributed by atoms with Crippen molar-refractivity contribution < 1.29 is 9.90 Å². The number of aromatic carboxylic acids is 1. The molecule has 1 heterocycles. The van der Waals surface area contributed by atoms with Gasteiger partial charge < -0.3 is 5.11 Å². The van der Waals surface area contributed by atoms with E-state index in [4.69, 9.17) is 10.4 Å². The molecule has 1 aromatic heterocycles. The molecule has 16 heavy (non-hydrogen) atoms. The number of hydrogen-bond acceptors (Lipinski definition) is 3. The van der Waals surface area contributed by atoms with E-state index in [0.29, 0.717) is 11.3 Å². The van der Waals surface area contributed by atoms with E-state index in [1.54, 1.807) is 30.5 Å². The zero-order valence-electron chi connectivity index (χ0n) is 8.16. The van der Waals surface area contributed by atoms with Gasteiger partial charge in [-0.3, -0.25) is 4.57 Å². The minimum Gasteiger partial charge on any atom is -0.475 e. The molecule has 5 nitrogen and oxygen atoms in total. The molecule has 0 aliphatic heterocycles. The lowest BCUT2D eigenvalue weighted by atomic mass is 10.2. The van der Waals surface area contributed by atoms with Crippen LogP contribution >= 0.6 is 0 Å². The summed E-state index contributed by atoms with van der Waals surface area (Å²) in [5, 5.41) is 17.6. The van der Waals surface area contributed by atoms with Crippen molar-refractivity contribution in [1.82, 2.24) is 9.55 Å². The maximum atomic E-state index is 10.9. The number of carbonyl (C=O) groups is 1. The summed E-state index contributed by atoms with van der Waals surface area (Å²) in [5.74, 6) is -1.18. The SMILES string of the molecule is N#Cc1cccc(-n2ccnc2C(=O)O)c1. The highest BCUT2D eigenvalue weighted by atomic mass is 16.4. The third-order valence-corrected chi connectivity index (χ3v) is 2.09. The second kappa shape index (κ2) is 3.87. The van der Waals surface area contributed by atoms with E-state index in [1.807, 2.05) is 6.07 Å². The van der Waals surface area contributed by atoms with Crippen LogP contribution in [0.25, 0.3) is 5.69 Å². The van der Waals surface area contributed by atoms with Crippen LogP contribution in [0.15, 0.2) is 36.7 Å². The van der Waals surface area contributed by atoms with Crippen LogP contribution in [0.3, 0.4) is 0 Å². The Morgan fingerprint density at radius 3 is 3.00 bits per heavy atom. The topological polar surface area (TPSA) is 78.9 Å². The second-order valence-electron chi connectivity index (χ2n) is 3.09. The number of imidazole rings is 1. The van der Waals surface area contributed by atoms with Gasteiger partial charge in [0.05, 0.1) is 11.6 Å². The summed E-state index contributed by atoms with van der Waals surface area (Å²) in [7, 11) is 0. The molecular weight excluding hydrogens is 206 g/mol. The first-order chi connectivity index (χ1) is 7.72. The second-order valence-corrected chi connectivity index (χ2v) is 3.09. The van der Waals surface area contributed by atoms with E-state index in [9.17, 15) is 4.79 Å². The molecule has 0 aliphatic rings. The first-order valence-electron chi connectivity index (χ1n) is 4.49. The highest BCUT2D eigenvalue weighted by Gasteiger charge is 2.11. The van der Waals surface area contributed by atoms with Crippen LogP contribution in [-0.4, -0.2) is 20.6 Å². The Morgan fingerprint density at radius 2 is 2.31 bits per heavy atom. The first-order valence-corrected chi connectivity index (χ1v) is 4.49. The maximum Gasteiger partial charge on any atom is 0.372 e. The van der Waals surface area contributed by atoms with Crippen LogP contribution in [0.5, 0.6) is 0 Å². The lowest BCUT2D eigenvalue weighted by Gasteiger charge is -2.04. The zero-order valence-corrected chi connectivity index (χ0v) is 8.16. The number of carboxylic acids is 1. The Kier molecular flexibility index (Phi) is 2.40. The number of carboxylic acid groups (broad SMARTS) is 1. The molecule has 0 spiro atoms. The molecule has 0 radical (unpaired) electrons. The monoisotopic (exact) mass is 213 g/mol. The van der Waals surface area contributed by atoms with Gasteiger partial charge in [0, 0.05) is 18.1 Å². The van der Waals surface area contributed by atoms with Crippen LogP contribution < -0.4 is 0 Å². The van der Waals surface area contributed by atoms with Crippen LogP contribution in [0.1, 0.15) is 16.2 Å². The molecule has 0 saturated heterocycles. The molecule has 0 atom stereocenters. The predicted octanol–water partition coefficient (Wildman–Crippen LogP) is 1.44. The van der Waals surface area contributed by atoms with Gasteiger partial charge in [-0.25, -0.2) is 9.78 Å². The van der Waals surface area contributed by atoms with Crippen LogP contribution in [-0.2, 0) is 0 Å². The standard InChI is InChI=1S/C11H7N3O2/c12-7-8-2-1-3-9(6-8)14-5-4-13-10(14)11(15)16/h1-6H,(H,15,16). The zero-order chi connectivity index (χ0) is 11.5. The highest BCUT2D eigenvalue weighted by Crippen LogP contribution is 2.12. The number of aromatic nitrogens is 2. The molecular formula is C11H7N3O2. The number of rotatable bonds is 2. The summed E-state index contributed by atoms with van der Waals surface area (Å²) in [6.45, 7) is 0. The largest absolute Gasteiger partial charge is 0.475 e. The molecule has 0 unspecified atom stereocenters. The van der Waals surface area contributed by atoms with Gasteiger partial charge in [0.25, 0.3) is 0 Å². The Morgan fingerprint density at radius 1 is 1.50 bits per heavy atom. The number of nitriles is 1. The third-order valence-electron chi connectivity index (χ3n) is 2.09. The summed E-state index contributed by atoms with van der Waals surface area (Å²) in [4.78, 5) is 14.6. The number of hydrogen-bond donors (Lipinski definition) is 1. The molecule has 0 fully saturated rings. The van der Waals surface area contributed by atoms with Crippen molar-refractivity contribution in [3.8, 4) is 11.8 Å². The third kappa shape index (κ3) is 1.64. The van der Waals surface area contributed by atoms with Crippen molar-refractivity contribution in [2.75, 3.05) is 0 Å². The summed E-state index contributed by atoms with van der Waals surface area (Å²) >= 11 is 0. The van der Waals surface area contributed by atoms with Gasteiger partial charge in [-0.1, -0.05) is 6.07 Å². The van der Waals surface area contributed by atoms with Gasteiger partial charge in [0.1, 0.15) is 0 Å². The normalized spacial score (nSPS) is 9.69. The average molecular weight is 213 g/mol. The molecule has 0 amide bonds. The molecule has 1 N–H and O–H groups in total. The molecule has 0 aliphatic carbocycles. The van der Waals surface area contributed by atoms with Gasteiger partial charge in [0.2, 0.25) is 5.82 Å². The fraction of sp³-hybridized carbons (Fsp3) is 0. The van der Waals surface area contributed by atoms with Crippen molar-refractivity contribution in [1.29, 1.82) is 5.26 Å². The minimum absolute atomic E-state index is 0.0740. The van der Waals surface area contributed by atoms with E-state index in [1.165, 1.54) is 10.8 Å². The Balaban J connectivity index is 2.55. The average Bonchev–Trinajstić information content (AvgIpc) is 2.78. The van der Waals surface area contributed by atoms with Crippen LogP contribution in [0.2, 0.25) is 0 Å². The summed E-state index contributed by atoms with van der Waals surface area (Å²) < 4.78 is 1.42. The molecule has 1 aromatic carbocycles. The lowest BCUT2D eigenvalue weighted by molar-refractivity contribution is 0.0681. The summed E-state index contributed by atoms with van der Waals surface area (Å²) in [6, 6.07) is 8.67. The van der Waals surface area contributed by atoms with Gasteiger partial charge in [-0.2, -0.15) is 5.26 Å². The maximum absolute atomic E-state index is 10.9. The fourth-order valence-corrected chi connectivity index (χ4v) is 1.40. The molecule has 0 saturated carbocycles. The predicted molar refractivity (Wildman–Crippen MR) is 55.2 cm³/mol. The van der Waals surface area contributed by atoms with E-state index in [2.05, 4.69) is 4.98 Å². The van der Waals surface area contributed by atoms with Crippen molar-refractivity contribution in [2.24, 2.45) is 0 Å². The summed E-state index contributed by atoms with van der Waals surface area (Å²) in [5.41, 5.74) is 1.08. The lowest BCUT2D eigenvalue weighted by Crippen LogP contribution is -2.07. The van der Waals surface area contributed by atoms with E-state index >= 15 is 0 Å². The van der Waals surface area contributed by atoms with Crippen molar-refractivity contribution in [3.63, 3.8) is 0 Å². The van der Waals surface area contributed by atoms with Crippen LogP contribution in [0.4, 0.5) is 0 Å². The quantitative estimate of drug-likeness (QED) is 0.818. The number of nitrogens with zero attached hydrogens (tertiary/aromatic N) is 3. The van der Waals surface area contributed by atoms with Gasteiger partial charge in [-0.15, -0.1) is 0 Å². The smallest absolute Gasteiger partial charge is 0.372 e.